The van der Waals surface area contributed by atoms with Crippen LogP contribution in [-0.4, -0.2) is 11.6 Å². The Morgan fingerprint density at radius 1 is 1.16 bits per heavy atom. The molecule has 0 aromatic heterocycles. The lowest BCUT2D eigenvalue weighted by molar-refractivity contribution is -0.116. The number of rotatable bonds is 1. The fourth-order valence-corrected chi connectivity index (χ4v) is 1.71. The van der Waals surface area contributed by atoms with Crippen molar-refractivity contribution in [1.29, 1.82) is 0 Å². The summed E-state index contributed by atoms with van der Waals surface area (Å²) in [7, 11) is 0. The lowest BCUT2D eigenvalue weighted by atomic mass is 9.88. The maximum absolute atomic E-state index is 13.2. The molecule has 102 valence electrons. The van der Waals surface area contributed by atoms with Gasteiger partial charge in [0.05, 0.1) is 17.8 Å². The predicted molar refractivity (Wildman–Crippen MR) is 65.3 cm³/mol. The number of carbonyl (C=O) groups excluding carboxylic acids is 1. The number of hydrogen-bond donors (Lipinski definition) is 0. The molecule has 0 atom stereocenters. The highest BCUT2D eigenvalue weighted by Gasteiger charge is 2.32. The normalized spacial score (nSPS) is 16.0. The SMILES string of the molecule is CC(C)(C)C1=NN(c2cc(F)c(F)c(F)c2)C(=O)C1. The third kappa shape index (κ3) is 2.47. The molecule has 19 heavy (non-hydrogen) atoms. The van der Waals surface area contributed by atoms with Gasteiger partial charge < -0.3 is 0 Å². The molecule has 1 aromatic carbocycles. The Morgan fingerprint density at radius 2 is 1.68 bits per heavy atom. The van der Waals surface area contributed by atoms with E-state index in [0.29, 0.717) is 5.71 Å². The molecule has 1 aromatic rings. The zero-order chi connectivity index (χ0) is 14.4. The average Bonchev–Trinajstić information content (AvgIpc) is 2.67. The third-order valence-electron chi connectivity index (χ3n) is 2.85. The standard InChI is InChI=1S/C13H13F3N2O/c1-13(2,3)10-6-11(19)18(17-10)7-4-8(14)12(16)9(15)5-7/h4-5H,6H2,1-3H3. The van der Waals surface area contributed by atoms with Crippen molar-refractivity contribution in [3.8, 4) is 0 Å². The summed E-state index contributed by atoms with van der Waals surface area (Å²) < 4.78 is 39.2. The van der Waals surface area contributed by atoms with Crippen LogP contribution in [0, 0.1) is 22.9 Å². The Kier molecular flexibility index (Phi) is 3.12. The van der Waals surface area contributed by atoms with Crippen LogP contribution in [0.15, 0.2) is 17.2 Å². The highest BCUT2D eigenvalue weighted by Crippen LogP contribution is 2.29. The predicted octanol–water partition coefficient (Wildman–Crippen LogP) is 3.24. The van der Waals surface area contributed by atoms with Crippen LogP contribution in [0.25, 0.3) is 0 Å². The molecule has 0 unspecified atom stereocenters. The maximum Gasteiger partial charge on any atom is 0.253 e. The van der Waals surface area contributed by atoms with Crippen molar-refractivity contribution >= 4 is 17.3 Å². The van der Waals surface area contributed by atoms with Crippen molar-refractivity contribution in [2.24, 2.45) is 10.5 Å². The van der Waals surface area contributed by atoms with E-state index >= 15 is 0 Å². The molecule has 0 fully saturated rings. The van der Waals surface area contributed by atoms with Crippen LogP contribution in [-0.2, 0) is 4.79 Å². The summed E-state index contributed by atoms with van der Waals surface area (Å²) in [6.07, 6.45) is 0.0874. The molecule has 1 heterocycles. The first-order valence-electron chi connectivity index (χ1n) is 5.75. The molecule has 6 heteroatoms. The van der Waals surface area contributed by atoms with Crippen LogP contribution < -0.4 is 5.01 Å². The van der Waals surface area contributed by atoms with Crippen molar-refractivity contribution in [3.63, 3.8) is 0 Å². The monoisotopic (exact) mass is 270 g/mol. The van der Waals surface area contributed by atoms with Crippen molar-refractivity contribution in [2.45, 2.75) is 27.2 Å². The molecule has 1 aliphatic rings. The molecular formula is C13H13F3N2O. The zero-order valence-electron chi connectivity index (χ0n) is 10.8. The van der Waals surface area contributed by atoms with Gasteiger partial charge in [0, 0.05) is 17.5 Å². The first-order chi connectivity index (χ1) is 8.70. The molecule has 0 spiro atoms. The van der Waals surface area contributed by atoms with Gasteiger partial charge in [-0.1, -0.05) is 20.8 Å². The van der Waals surface area contributed by atoms with Gasteiger partial charge in [0.2, 0.25) is 0 Å². The van der Waals surface area contributed by atoms with Crippen molar-refractivity contribution < 1.29 is 18.0 Å². The van der Waals surface area contributed by atoms with Crippen molar-refractivity contribution in [1.82, 2.24) is 0 Å². The van der Waals surface area contributed by atoms with Crippen LogP contribution in [0.5, 0.6) is 0 Å². The number of anilines is 1. The molecule has 1 aliphatic heterocycles. The van der Waals surface area contributed by atoms with Gasteiger partial charge >= 0.3 is 0 Å². The van der Waals surface area contributed by atoms with Gasteiger partial charge in [0.15, 0.2) is 17.5 Å². The van der Waals surface area contributed by atoms with Gasteiger partial charge in [-0.3, -0.25) is 4.79 Å². The molecular weight excluding hydrogens is 257 g/mol. The van der Waals surface area contributed by atoms with Gasteiger partial charge in [0.1, 0.15) is 0 Å². The molecule has 0 aliphatic carbocycles. The summed E-state index contributed by atoms with van der Waals surface area (Å²) in [6.45, 7) is 5.65. The number of benzene rings is 1. The lowest BCUT2D eigenvalue weighted by Gasteiger charge is -2.16. The Hall–Kier alpha value is -1.85. The van der Waals surface area contributed by atoms with Gasteiger partial charge in [-0.15, -0.1) is 0 Å². The van der Waals surface area contributed by atoms with E-state index in [4.69, 9.17) is 0 Å². The van der Waals surface area contributed by atoms with E-state index in [-0.39, 0.29) is 17.5 Å². The second-order valence-electron chi connectivity index (χ2n) is 5.40. The molecule has 1 amide bonds. The second kappa shape index (κ2) is 4.36. The molecule has 0 radical (unpaired) electrons. The van der Waals surface area contributed by atoms with Crippen molar-refractivity contribution in [3.05, 3.63) is 29.6 Å². The number of amides is 1. The minimum absolute atomic E-state index is 0.0874. The Morgan fingerprint density at radius 3 is 2.11 bits per heavy atom. The van der Waals surface area contributed by atoms with Gasteiger partial charge in [-0.25, -0.2) is 18.2 Å². The van der Waals surface area contributed by atoms with E-state index in [1.807, 2.05) is 20.8 Å². The van der Waals surface area contributed by atoms with Gasteiger partial charge in [-0.2, -0.15) is 5.10 Å². The summed E-state index contributed by atoms with van der Waals surface area (Å²) in [5.41, 5.74) is 0.185. The summed E-state index contributed by atoms with van der Waals surface area (Å²) in [5.74, 6) is -4.64. The molecule has 0 N–H and O–H groups in total. The topological polar surface area (TPSA) is 32.7 Å². The minimum Gasteiger partial charge on any atom is -0.272 e. The second-order valence-corrected chi connectivity index (χ2v) is 5.40. The Bertz CT molecular complexity index is 553. The largest absolute Gasteiger partial charge is 0.272 e. The van der Waals surface area contributed by atoms with E-state index in [2.05, 4.69) is 5.10 Å². The van der Waals surface area contributed by atoms with Gasteiger partial charge in [-0.05, 0) is 0 Å². The molecule has 3 nitrogen and oxygen atoms in total. The maximum atomic E-state index is 13.2. The number of hydrazone groups is 1. The third-order valence-corrected chi connectivity index (χ3v) is 2.85. The molecule has 0 bridgehead atoms. The number of carbonyl (C=O) groups is 1. The average molecular weight is 270 g/mol. The molecule has 0 saturated heterocycles. The van der Waals surface area contributed by atoms with Crippen LogP contribution in [0.4, 0.5) is 18.9 Å². The summed E-state index contributed by atoms with van der Waals surface area (Å²) in [6, 6.07) is 1.51. The summed E-state index contributed by atoms with van der Waals surface area (Å²) in [5, 5.41) is 4.98. The van der Waals surface area contributed by atoms with Crippen LogP contribution in [0.1, 0.15) is 27.2 Å². The van der Waals surface area contributed by atoms with Gasteiger partial charge in [0.25, 0.3) is 5.91 Å². The van der Waals surface area contributed by atoms with E-state index in [1.54, 1.807) is 0 Å². The van der Waals surface area contributed by atoms with E-state index in [9.17, 15) is 18.0 Å². The smallest absolute Gasteiger partial charge is 0.253 e. The summed E-state index contributed by atoms with van der Waals surface area (Å²) in [4.78, 5) is 11.8. The Labute approximate surface area is 108 Å². The fourth-order valence-electron chi connectivity index (χ4n) is 1.71. The van der Waals surface area contributed by atoms with Crippen LogP contribution >= 0.6 is 0 Å². The van der Waals surface area contributed by atoms with Crippen LogP contribution in [0.3, 0.4) is 0 Å². The number of nitrogens with zero attached hydrogens (tertiary/aromatic N) is 2. The number of halogens is 3. The summed E-state index contributed by atoms with van der Waals surface area (Å²) >= 11 is 0. The first-order valence-corrected chi connectivity index (χ1v) is 5.75. The lowest BCUT2D eigenvalue weighted by Crippen LogP contribution is -2.21. The van der Waals surface area contributed by atoms with Crippen molar-refractivity contribution in [2.75, 3.05) is 5.01 Å². The molecule has 0 saturated carbocycles. The quantitative estimate of drug-likeness (QED) is 0.721. The highest BCUT2D eigenvalue weighted by molar-refractivity contribution is 6.14. The minimum atomic E-state index is -1.56. The van der Waals surface area contributed by atoms with Crippen LogP contribution in [0.2, 0.25) is 0 Å². The first kappa shape index (κ1) is 13.6. The van der Waals surface area contributed by atoms with E-state index < -0.39 is 23.4 Å². The molecule has 2 rings (SSSR count). The van der Waals surface area contributed by atoms with E-state index in [1.165, 1.54) is 0 Å². The van der Waals surface area contributed by atoms with E-state index in [0.717, 1.165) is 17.1 Å². The fraction of sp³-hybridized carbons (Fsp3) is 0.385. The zero-order valence-corrected chi connectivity index (χ0v) is 10.8. The number of hydrogen-bond acceptors (Lipinski definition) is 2. The Balaban J connectivity index is 2.43. The highest BCUT2D eigenvalue weighted by atomic mass is 19.2.